The van der Waals surface area contributed by atoms with Gasteiger partial charge < -0.3 is 14.5 Å². The minimum Gasteiger partial charge on any atom is -0.465 e. The van der Waals surface area contributed by atoms with Crippen LogP contribution in [0, 0.1) is 5.82 Å². The summed E-state index contributed by atoms with van der Waals surface area (Å²) in [5.74, 6) is -0.440. The van der Waals surface area contributed by atoms with Crippen LogP contribution in [0.1, 0.15) is 21.6 Å². The molecule has 0 radical (unpaired) electrons. The number of pyridine rings is 1. The number of fused-ring (bicyclic) bond motifs is 2. The summed E-state index contributed by atoms with van der Waals surface area (Å²) in [5.41, 5.74) is 0.832. The predicted molar refractivity (Wildman–Crippen MR) is 72.3 cm³/mol. The van der Waals surface area contributed by atoms with Crippen LogP contribution in [0.25, 0.3) is 0 Å². The van der Waals surface area contributed by atoms with Crippen molar-refractivity contribution in [3.05, 3.63) is 57.3 Å². The van der Waals surface area contributed by atoms with E-state index in [0.29, 0.717) is 29.8 Å². The summed E-state index contributed by atoms with van der Waals surface area (Å²) in [6.07, 6.45) is 0.822. The van der Waals surface area contributed by atoms with Crippen molar-refractivity contribution >= 4 is 5.97 Å². The molecule has 6 heteroatoms. The Morgan fingerprint density at radius 1 is 1.29 bits per heavy atom. The number of carbonyl (C=O) groups is 1. The fourth-order valence-electron chi connectivity index (χ4n) is 2.33. The topological polar surface area (TPSA) is 68.4 Å². The van der Waals surface area contributed by atoms with Gasteiger partial charge in [-0.3, -0.25) is 4.79 Å². The average Bonchev–Trinajstić information content (AvgIpc) is 2.65. The van der Waals surface area contributed by atoms with Crippen LogP contribution in [0.3, 0.4) is 0 Å². The lowest BCUT2D eigenvalue weighted by molar-refractivity contribution is 0.0599. The smallest absolute Gasteiger partial charge is 0.338 e. The molecular formula is C15H12FNO4. The molecule has 0 amide bonds. The largest absolute Gasteiger partial charge is 0.465 e. The van der Waals surface area contributed by atoms with Gasteiger partial charge in [-0.2, -0.15) is 0 Å². The monoisotopic (exact) mass is 289 g/mol. The second-order valence-corrected chi connectivity index (χ2v) is 4.69. The molecule has 0 saturated heterocycles. The Morgan fingerprint density at radius 2 is 2.10 bits per heavy atom. The molecule has 21 heavy (non-hydrogen) atoms. The standard InChI is InChI=1S/C15H12FNO4/c1-20-15(19)8-6-10(16)9-2-3-11-12(21-13(9)7-8)4-5-14(18)17-11/h4-7H,2-3H2,1H3,(H,17,18). The van der Waals surface area contributed by atoms with Crippen LogP contribution < -0.4 is 10.3 Å². The summed E-state index contributed by atoms with van der Waals surface area (Å²) < 4.78 is 24.4. The maximum Gasteiger partial charge on any atom is 0.338 e. The normalized spacial score (nSPS) is 12.7. The number of H-pyrrole nitrogens is 1. The molecule has 1 aliphatic rings. The van der Waals surface area contributed by atoms with Crippen molar-refractivity contribution in [2.75, 3.05) is 7.11 Å². The Morgan fingerprint density at radius 3 is 2.86 bits per heavy atom. The number of nitrogens with one attached hydrogen (secondary N) is 1. The second-order valence-electron chi connectivity index (χ2n) is 4.69. The molecule has 0 aliphatic carbocycles. The zero-order valence-electron chi connectivity index (χ0n) is 11.2. The number of hydrogen-bond acceptors (Lipinski definition) is 4. The minimum absolute atomic E-state index is 0.0848. The van der Waals surface area contributed by atoms with Gasteiger partial charge in [0.1, 0.15) is 17.3 Å². The highest BCUT2D eigenvalue weighted by atomic mass is 19.1. The van der Waals surface area contributed by atoms with Crippen molar-refractivity contribution in [1.82, 2.24) is 4.98 Å². The zero-order valence-corrected chi connectivity index (χ0v) is 11.2. The van der Waals surface area contributed by atoms with E-state index in [-0.39, 0.29) is 16.9 Å². The number of esters is 1. The molecule has 1 aliphatic heterocycles. The number of aryl methyl sites for hydroxylation is 1. The first-order valence-corrected chi connectivity index (χ1v) is 6.39. The summed E-state index contributed by atoms with van der Waals surface area (Å²) in [5, 5.41) is 0. The first-order valence-electron chi connectivity index (χ1n) is 6.39. The number of aromatic nitrogens is 1. The van der Waals surface area contributed by atoms with Gasteiger partial charge in [-0.25, -0.2) is 9.18 Å². The summed E-state index contributed by atoms with van der Waals surface area (Å²) in [7, 11) is 1.23. The molecule has 3 rings (SSSR count). The zero-order chi connectivity index (χ0) is 15.0. The van der Waals surface area contributed by atoms with E-state index in [4.69, 9.17) is 4.74 Å². The Hall–Kier alpha value is -2.63. The number of ether oxygens (including phenoxy) is 2. The lowest BCUT2D eigenvalue weighted by Gasteiger charge is -2.10. The lowest BCUT2D eigenvalue weighted by atomic mass is 10.0. The number of benzene rings is 1. The molecule has 1 aromatic carbocycles. The summed E-state index contributed by atoms with van der Waals surface area (Å²) in [6, 6.07) is 5.45. The van der Waals surface area contributed by atoms with Gasteiger partial charge in [-0.1, -0.05) is 0 Å². The molecule has 5 nitrogen and oxygen atoms in total. The van der Waals surface area contributed by atoms with Gasteiger partial charge in [0, 0.05) is 11.6 Å². The van der Waals surface area contributed by atoms with Crippen molar-refractivity contribution in [2.45, 2.75) is 12.8 Å². The Balaban J connectivity index is 2.10. The average molecular weight is 289 g/mol. The number of halogens is 1. The van der Waals surface area contributed by atoms with Gasteiger partial charge in [-0.05, 0) is 31.0 Å². The van der Waals surface area contributed by atoms with E-state index in [9.17, 15) is 14.0 Å². The molecule has 108 valence electrons. The maximum absolute atomic E-state index is 14.2. The molecule has 1 aromatic heterocycles. The first kappa shape index (κ1) is 13.4. The van der Waals surface area contributed by atoms with Crippen LogP contribution in [0.5, 0.6) is 11.5 Å². The van der Waals surface area contributed by atoms with Crippen LogP contribution in [-0.2, 0) is 17.6 Å². The number of methoxy groups -OCH3 is 1. The van der Waals surface area contributed by atoms with Crippen LogP contribution in [0.15, 0.2) is 29.1 Å². The highest BCUT2D eigenvalue weighted by Gasteiger charge is 2.21. The van der Waals surface area contributed by atoms with Crippen molar-refractivity contribution in [1.29, 1.82) is 0 Å². The Labute approximate surface area is 119 Å². The van der Waals surface area contributed by atoms with Crippen molar-refractivity contribution in [2.24, 2.45) is 0 Å². The summed E-state index contributed by atoms with van der Waals surface area (Å²) in [4.78, 5) is 25.5. The maximum atomic E-state index is 14.2. The van der Waals surface area contributed by atoms with E-state index in [2.05, 4.69) is 9.72 Å². The van der Waals surface area contributed by atoms with E-state index in [1.807, 2.05) is 0 Å². The third kappa shape index (κ3) is 2.40. The summed E-state index contributed by atoms with van der Waals surface area (Å²) in [6.45, 7) is 0. The fourth-order valence-corrected chi connectivity index (χ4v) is 2.33. The van der Waals surface area contributed by atoms with Crippen molar-refractivity contribution in [3.63, 3.8) is 0 Å². The van der Waals surface area contributed by atoms with Gasteiger partial charge in [0.25, 0.3) is 0 Å². The third-order valence-corrected chi connectivity index (χ3v) is 3.38. The molecule has 0 spiro atoms. The van der Waals surface area contributed by atoms with E-state index < -0.39 is 11.8 Å². The van der Waals surface area contributed by atoms with E-state index in [1.165, 1.54) is 25.3 Å². The quantitative estimate of drug-likeness (QED) is 0.817. The first-order chi connectivity index (χ1) is 10.1. The van der Waals surface area contributed by atoms with Gasteiger partial charge in [0.05, 0.1) is 18.4 Å². The molecular weight excluding hydrogens is 277 g/mol. The van der Waals surface area contributed by atoms with E-state index >= 15 is 0 Å². The molecule has 2 aromatic rings. The van der Waals surface area contributed by atoms with Gasteiger partial charge in [0.15, 0.2) is 0 Å². The molecule has 0 atom stereocenters. The third-order valence-electron chi connectivity index (χ3n) is 3.38. The highest BCUT2D eigenvalue weighted by Crippen LogP contribution is 2.34. The number of carbonyl (C=O) groups excluding carboxylic acids is 1. The minimum atomic E-state index is -0.633. The highest BCUT2D eigenvalue weighted by molar-refractivity contribution is 5.90. The lowest BCUT2D eigenvalue weighted by Crippen LogP contribution is -2.07. The van der Waals surface area contributed by atoms with Gasteiger partial charge in [-0.15, -0.1) is 0 Å². The Kier molecular flexibility index (Phi) is 3.21. The van der Waals surface area contributed by atoms with Crippen LogP contribution in [-0.4, -0.2) is 18.1 Å². The number of aromatic amines is 1. The van der Waals surface area contributed by atoms with E-state index in [0.717, 1.165) is 6.07 Å². The summed E-state index contributed by atoms with van der Waals surface area (Å²) >= 11 is 0. The predicted octanol–water partition coefficient (Wildman–Crippen LogP) is 2.19. The Bertz CT molecular complexity index is 782. The van der Waals surface area contributed by atoms with Crippen LogP contribution >= 0.6 is 0 Å². The molecule has 0 unspecified atom stereocenters. The molecule has 0 saturated carbocycles. The van der Waals surface area contributed by atoms with Gasteiger partial charge >= 0.3 is 5.97 Å². The fraction of sp³-hybridized carbons (Fsp3) is 0.200. The van der Waals surface area contributed by atoms with Crippen molar-refractivity contribution < 1.29 is 18.7 Å². The SMILES string of the molecule is COC(=O)c1cc(F)c2c(c1)Oc1ccc(=O)[nH]c1CC2. The van der Waals surface area contributed by atoms with Crippen LogP contribution in [0.2, 0.25) is 0 Å². The second kappa shape index (κ2) is 5.05. The van der Waals surface area contributed by atoms with Crippen molar-refractivity contribution in [3.8, 4) is 11.5 Å². The van der Waals surface area contributed by atoms with Gasteiger partial charge in [0.2, 0.25) is 5.56 Å². The van der Waals surface area contributed by atoms with Crippen LogP contribution in [0.4, 0.5) is 4.39 Å². The molecule has 0 bridgehead atoms. The molecule has 1 N–H and O–H groups in total. The van der Waals surface area contributed by atoms with E-state index in [1.54, 1.807) is 0 Å². The number of rotatable bonds is 1. The molecule has 0 fully saturated rings. The number of hydrogen-bond donors (Lipinski definition) is 1. The molecule has 2 heterocycles.